The van der Waals surface area contributed by atoms with Gasteiger partial charge in [-0.2, -0.15) is 0 Å². The minimum Gasteiger partial charge on any atom is -0.409 e. The van der Waals surface area contributed by atoms with E-state index in [9.17, 15) is 4.79 Å². The molecule has 106 valence electrons. The highest BCUT2D eigenvalue weighted by Gasteiger charge is 2.16. The molecule has 0 unspecified atom stereocenters. The number of hydrogen-bond acceptors (Lipinski definition) is 9. The number of nitrogens with two attached hydrogens (primary N) is 1. The smallest absolute Gasteiger partial charge is 0.251 e. The highest BCUT2D eigenvalue weighted by Crippen LogP contribution is 2.17. The van der Waals surface area contributed by atoms with Crippen molar-refractivity contribution in [2.24, 2.45) is 10.9 Å². The van der Waals surface area contributed by atoms with Crippen molar-refractivity contribution in [2.75, 3.05) is 18.9 Å². The molecule has 0 bridgehead atoms. The van der Waals surface area contributed by atoms with Crippen LogP contribution in [0.4, 0.5) is 0 Å². The van der Waals surface area contributed by atoms with Gasteiger partial charge in [0, 0.05) is 12.3 Å². The Balaban J connectivity index is 2.38. The molecule has 0 saturated heterocycles. The van der Waals surface area contributed by atoms with Gasteiger partial charge in [-0.05, 0) is 10.3 Å². The predicted molar refractivity (Wildman–Crippen MR) is 63.6 cm³/mol. The molecule has 1 heterocycles. The van der Waals surface area contributed by atoms with Crippen LogP contribution in [0.3, 0.4) is 0 Å². The third-order valence-electron chi connectivity index (χ3n) is 1.92. The number of nitrogens with zero attached hydrogens (tertiary/aromatic N) is 3. The Morgan fingerprint density at radius 2 is 2.32 bits per heavy atom. The second kappa shape index (κ2) is 7.56. The highest BCUT2D eigenvalue weighted by atomic mass is 32.2. The summed E-state index contributed by atoms with van der Waals surface area (Å²) in [4.78, 5) is 11.1. The average molecular weight is 291 g/mol. The molecule has 0 spiro atoms. The molecule has 1 aromatic heterocycles. The largest absolute Gasteiger partial charge is 0.409 e. The highest BCUT2D eigenvalue weighted by molar-refractivity contribution is 7.99. The Morgan fingerprint density at radius 1 is 1.58 bits per heavy atom. The van der Waals surface area contributed by atoms with Crippen molar-refractivity contribution in [3.8, 4) is 0 Å². The molecule has 6 N–H and O–H groups in total. The lowest BCUT2D eigenvalue weighted by molar-refractivity contribution is -0.131. The first kappa shape index (κ1) is 15.2. The lowest BCUT2D eigenvalue weighted by atomic mass is 10.3. The topological polar surface area (TPSA) is 167 Å². The van der Waals surface area contributed by atoms with Crippen LogP contribution in [0.1, 0.15) is 5.69 Å². The molecule has 0 aliphatic heterocycles. The van der Waals surface area contributed by atoms with E-state index >= 15 is 0 Å². The minimum absolute atomic E-state index is 0.106. The Hall–Kier alpha value is -1.85. The fourth-order valence-electron chi connectivity index (χ4n) is 1.00. The van der Waals surface area contributed by atoms with E-state index in [1.54, 1.807) is 0 Å². The molecule has 19 heavy (non-hydrogen) atoms. The summed E-state index contributed by atoms with van der Waals surface area (Å²) in [5.74, 6) is -0.509. The van der Waals surface area contributed by atoms with Gasteiger partial charge in [0.25, 0.3) is 5.91 Å². The summed E-state index contributed by atoms with van der Waals surface area (Å²) < 4.78 is 4.45. The number of carbonyl (C=O) groups is 1. The lowest BCUT2D eigenvalue weighted by Crippen LogP contribution is -2.37. The van der Waals surface area contributed by atoms with Crippen LogP contribution in [0, 0.1) is 0 Å². The van der Waals surface area contributed by atoms with Crippen LogP contribution in [-0.2, 0) is 4.79 Å². The molecular formula is C8H13N5O5S. The van der Waals surface area contributed by atoms with Crippen LogP contribution in [0.15, 0.2) is 14.8 Å². The molecule has 0 saturated carbocycles. The van der Waals surface area contributed by atoms with Crippen molar-refractivity contribution in [3.63, 3.8) is 0 Å². The number of oxime groups is 1. The lowest BCUT2D eigenvalue weighted by Gasteiger charge is -2.07. The molecule has 1 amide bonds. The molecular weight excluding hydrogens is 278 g/mol. The normalized spacial score (nSPS) is 13.3. The van der Waals surface area contributed by atoms with Crippen LogP contribution in [-0.4, -0.2) is 62.5 Å². The number of thioether (sulfide) groups is 1. The minimum atomic E-state index is -1.44. The van der Waals surface area contributed by atoms with Gasteiger partial charge in [0.1, 0.15) is 0 Å². The van der Waals surface area contributed by atoms with Crippen molar-refractivity contribution in [2.45, 2.75) is 11.1 Å². The second-order valence-corrected chi connectivity index (χ2v) is 4.32. The number of aliphatic hydroxyl groups is 2. The summed E-state index contributed by atoms with van der Waals surface area (Å²) in [6.45, 7) is -0.414. The number of carbonyl (C=O) groups excluding carboxylic acids is 1. The van der Waals surface area contributed by atoms with Crippen molar-refractivity contribution in [1.29, 1.82) is 0 Å². The van der Waals surface area contributed by atoms with Crippen molar-refractivity contribution >= 4 is 23.5 Å². The third-order valence-corrected chi connectivity index (χ3v) is 2.87. The molecule has 0 fully saturated rings. The third kappa shape index (κ3) is 4.39. The zero-order valence-electron chi connectivity index (χ0n) is 9.68. The summed E-state index contributed by atoms with van der Waals surface area (Å²) in [5.41, 5.74) is 5.45. The SMILES string of the molecule is N/C(=N\O)c1nonc1SCCNC(=O)[C@@H](O)CO. The summed E-state index contributed by atoms with van der Waals surface area (Å²) >= 11 is 1.16. The number of aromatic nitrogens is 2. The fraction of sp³-hybridized carbons (Fsp3) is 0.500. The summed E-state index contributed by atoms with van der Waals surface area (Å²) in [6, 6.07) is 0. The van der Waals surface area contributed by atoms with Crippen LogP contribution < -0.4 is 11.1 Å². The predicted octanol–water partition coefficient (Wildman–Crippen LogP) is -2.27. The Morgan fingerprint density at radius 3 is 2.95 bits per heavy atom. The van der Waals surface area contributed by atoms with Gasteiger partial charge in [0.2, 0.25) is 0 Å². The van der Waals surface area contributed by atoms with E-state index in [0.29, 0.717) is 10.8 Å². The summed E-state index contributed by atoms with van der Waals surface area (Å²) in [7, 11) is 0. The van der Waals surface area contributed by atoms with E-state index < -0.39 is 18.6 Å². The molecule has 0 aromatic carbocycles. The van der Waals surface area contributed by atoms with Crippen LogP contribution >= 0.6 is 11.8 Å². The molecule has 0 radical (unpaired) electrons. The molecule has 10 nitrogen and oxygen atoms in total. The van der Waals surface area contributed by atoms with Gasteiger partial charge in [-0.3, -0.25) is 4.79 Å². The maximum atomic E-state index is 11.1. The van der Waals surface area contributed by atoms with Crippen LogP contribution in [0.5, 0.6) is 0 Å². The number of rotatable bonds is 7. The molecule has 0 aliphatic carbocycles. The Labute approximate surface area is 111 Å². The maximum absolute atomic E-state index is 11.1. The number of nitrogens with one attached hydrogen (secondary N) is 1. The van der Waals surface area contributed by atoms with E-state index in [0.717, 1.165) is 11.8 Å². The van der Waals surface area contributed by atoms with E-state index in [1.807, 2.05) is 0 Å². The van der Waals surface area contributed by atoms with E-state index in [2.05, 4.69) is 25.4 Å². The van der Waals surface area contributed by atoms with Gasteiger partial charge in [0.15, 0.2) is 22.7 Å². The van der Waals surface area contributed by atoms with E-state index in [4.69, 9.17) is 21.2 Å². The molecule has 1 aromatic rings. The molecule has 1 atom stereocenters. The van der Waals surface area contributed by atoms with E-state index in [1.165, 1.54) is 0 Å². The fourth-order valence-corrected chi connectivity index (χ4v) is 1.76. The molecule has 11 heteroatoms. The Kier molecular flexibility index (Phi) is 6.05. The van der Waals surface area contributed by atoms with Gasteiger partial charge >= 0.3 is 0 Å². The molecule has 1 rings (SSSR count). The van der Waals surface area contributed by atoms with E-state index in [-0.39, 0.29) is 18.1 Å². The second-order valence-electron chi connectivity index (χ2n) is 3.24. The molecule has 0 aliphatic rings. The van der Waals surface area contributed by atoms with Gasteiger partial charge < -0.3 is 26.5 Å². The standard InChI is InChI=1S/C8H13N5O5S/c9-6(11-17)5-8(13-18-12-5)19-2-1-10-7(16)4(15)3-14/h4,14-15,17H,1-3H2,(H2,9,11)(H,10,16)/t4-/m0/s1. The first-order chi connectivity index (χ1) is 9.10. The van der Waals surface area contributed by atoms with Crippen molar-refractivity contribution in [1.82, 2.24) is 15.6 Å². The number of amidine groups is 1. The number of amides is 1. The van der Waals surface area contributed by atoms with Crippen LogP contribution in [0.2, 0.25) is 0 Å². The van der Waals surface area contributed by atoms with Gasteiger partial charge in [0.05, 0.1) is 6.61 Å². The average Bonchev–Trinajstić information content (AvgIpc) is 2.89. The van der Waals surface area contributed by atoms with Crippen molar-refractivity contribution in [3.05, 3.63) is 5.69 Å². The number of aliphatic hydroxyl groups excluding tert-OH is 2. The summed E-state index contributed by atoms with van der Waals surface area (Å²) in [5, 5.41) is 38.5. The van der Waals surface area contributed by atoms with Crippen LogP contribution in [0.25, 0.3) is 0 Å². The monoisotopic (exact) mass is 291 g/mol. The first-order valence-corrected chi connectivity index (χ1v) is 6.08. The number of hydrogen-bond donors (Lipinski definition) is 5. The zero-order chi connectivity index (χ0) is 14.3. The van der Waals surface area contributed by atoms with Crippen molar-refractivity contribution < 1.29 is 24.8 Å². The Bertz CT molecular complexity index is 450. The van der Waals surface area contributed by atoms with Gasteiger partial charge in [-0.15, -0.1) is 0 Å². The first-order valence-electron chi connectivity index (χ1n) is 5.10. The summed E-state index contributed by atoms with van der Waals surface area (Å²) in [6.07, 6.45) is -1.44. The zero-order valence-corrected chi connectivity index (χ0v) is 10.5. The van der Waals surface area contributed by atoms with Gasteiger partial charge in [-0.1, -0.05) is 16.9 Å². The van der Waals surface area contributed by atoms with Gasteiger partial charge in [-0.25, -0.2) is 4.63 Å². The quantitative estimate of drug-likeness (QED) is 0.0928. The maximum Gasteiger partial charge on any atom is 0.251 e.